The van der Waals surface area contributed by atoms with E-state index in [1.165, 1.54) is 11.3 Å². The molecule has 0 radical (unpaired) electrons. The lowest BCUT2D eigenvalue weighted by Gasteiger charge is -1.99. The van der Waals surface area contributed by atoms with E-state index in [2.05, 4.69) is 4.98 Å². The molecule has 0 saturated carbocycles. The van der Waals surface area contributed by atoms with Crippen molar-refractivity contribution in [2.75, 3.05) is 0 Å². The second-order valence-electron chi connectivity index (χ2n) is 3.69. The van der Waals surface area contributed by atoms with Crippen molar-refractivity contribution in [1.82, 2.24) is 4.98 Å². The Labute approximate surface area is 98.0 Å². The Kier molecular flexibility index (Phi) is 3.22. The second-order valence-corrected chi connectivity index (χ2v) is 4.63. The highest BCUT2D eigenvalue weighted by molar-refractivity contribution is 7.09. The fraction of sp³-hybridized carbons (Fsp3) is 0.250. The minimum Gasteiger partial charge on any atom is -0.508 e. The third-order valence-corrected chi connectivity index (χ3v) is 3.13. The van der Waals surface area contributed by atoms with Gasteiger partial charge in [0.1, 0.15) is 5.75 Å². The van der Waals surface area contributed by atoms with Gasteiger partial charge in [0.05, 0.1) is 16.8 Å². The van der Waals surface area contributed by atoms with Gasteiger partial charge in [-0.1, -0.05) is 12.1 Å². The topological polar surface area (TPSA) is 53.4 Å². The van der Waals surface area contributed by atoms with Crippen LogP contribution < -0.4 is 0 Å². The normalized spacial score (nSPS) is 12.6. The van der Waals surface area contributed by atoms with Crippen LogP contribution in [-0.2, 0) is 6.42 Å². The number of aliphatic hydroxyl groups excluding tert-OH is 1. The smallest absolute Gasteiger partial charge is 0.115 e. The number of phenols is 1. The number of hydrogen-bond acceptors (Lipinski definition) is 4. The molecule has 0 saturated heterocycles. The van der Waals surface area contributed by atoms with E-state index in [0.717, 1.165) is 10.6 Å². The van der Waals surface area contributed by atoms with Gasteiger partial charge in [0.15, 0.2) is 0 Å². The molecule has 1 unspecified atom stereocenters. The van der Waals surface area contributed by atoms with Crippen molar-refractivity contribution >= 4 is 11.3 Å². The van der Waals surface area contributed by atoms with Crippen molar-refractivity contribution in [3.05, 3.63) is 45.9 Å². The standard InChI is InChI=1S/C12H13NO2S/c1-8(14)11-7-16-12(13-11)6-9-3-2-4-10(15)5-9/h2-5,7-8,14-15H,6H2,1H3. The van der Waals surface area contributed by atoms with Gasteiger partial charge in [-0.15, -0.1) is 11.3 Å². The first-order chi connectivity index (χ1) is 7.65. The predicted molar refractivity (Wildman–Crippen MR) is 63.7 cm³/mol. The maximum absolute atomic E-state index is 9.35. The molecule has 0 aliphatic heterocycles. The van der Waals surface area contributed by atoms with Gasteiger partial charge in [-0.05, 0) is 24.6 Å². The molecule has 1 aromatic carbocycles. The van der Waals surface area contributed by atoms with Crippen molar-refractivity contribution in [1.29, 1.82) is 0 Å². The number of rotatable bonds is 3. The van der Waals surface area contributed by atoms with Crippen LogP contribution in [0.25, 0.3) is 0 Å². The summed E-state index contributed by atoms with van der Waals surface area (Å²) in [5.41, 5.74) is 1.73. The summed E-state index contributed by atoms with van der Waals surface area (Å²) < 4.78 is 0. The summed E-state index contributed by atoms with van der Waals surface area (Å²) in [6.45, 7) is 1.70. The summed E-state index contributed by atoms with van der Waals surface area (Å²) in [6, 6.07) is 7.13. The SMILES string of the molecule is CC(O)c1csc(Cc2cccc(O)c2)n1. The van der Waals surface area contributed by atoms with Crippen LogP contribution in [0.15, 0.2) is 29.6 Å². The zero-order valence-corrected chi connectivity index (χ0v) is 9.74. The highest BCUT2D eigenvalue weighted by Crippen LogP contribution is 2.20. The molecule has 0 spiro atoms. The van der Waals surface area contributed by atoms with Gasteiger partial charge in [0, 0.05) is 11.8 Å². The van der Waals surface area contributed by atoms with Gasteiger partial charge in [0.25, 0.3) is 0 Å². The maximum atomic E-state index is 9.35. The molecule has 1 aromatic heterocycles. The van der Waals surface area contributed by atoms with E-state index in [1.54, 1.807) is 19.1 Å². The number of benzene rings is 1. The molecular formula is C12H13NO2S. The van der Waals surface area contributed by atoms with Crippen molar-refractivity contribution < 1.29 is 10.2 Å². The first-order valence-electron chi connectivity index (χ1n) is 5.05. The number of nitrogens with zero attached hydrogens (tertiary/aromatic N) is 1. The molecule has 0 bridgehead atoms. The maximum Gasteiger partial charge on any atom is 0.115 e. The summed E-state index contributed by atoms with van der Waals surface area (Å²) in [4.78, 5) is 4.32. The molecule has 2 aromatic rings. The molecular weight excluding hydrogens is 222 g/mol. The van der Waals surface area contributed by atoms with Crippen LogP contribution in [0.3, 0.4) is 0 Å². The van der Waals surface area contributed by atoms with E-state index in [9.17, 15) is 10.2 Å². The fourth-order valence-corrected chi connectivity index (χ4v) is 2.35. The molecule has 0 aliphatic carbocycles. The van der Waals surface area contributed by atoms with Crippen molar-refractivity contribution in [3.63, 3.8) is 0 Å². The van der Waals surface area contributed by atoms with Gasteiger partial charge < -0.3 is 10.2 Å². The average molecular weight is 235 g/mol. The third kappa shape index (κ3) is 2.59. The fourth-order valence-electron chi connectivity index (χ4n) is 1.44. The van der Waals surface area contributed by atoms with Crippen molar-refractivity contribution in [3.8, 4) is 5.75 Å². The molecule has 2 rings (SSSR count). The second kappa shape index (κ2) is 4.63. The van der Waals surface area contributed by atoms with Gasteiger partial charge in [0.2, 0.25) is 0 Å². The Morgan fingerprint density at radius 2 is 2.25 bits per heavy atom. The lowest BCUT2D eigenvalue weighted by Crippen LogP contribution is -1.92. The highest BCUT2D eigenvalue weighted by atomic mass is 32.1. The van der Waals surface area contributed by atoms with Crippen molar-refractivity contribution in [2.45, 2.75) is 19.4 Å². The monoisotopic (exact) mass is 235 g/mol. The first kappa shape index (κ1) is 11.1. The molecule has 84 valence electrons. The highest BCUT2D eigenvalue weighted by Gasteiger charge is 2.07. The largest absolute Gasteiger partial charge is 0.508 e. The zero-order valence-electron chi connectivity index (χ0n) is 8.92. The number of phenolic OH excluding ortho intramolecular Hbond substituents is 1. The van der Waals surface area contributed by atoms with Gasteiger partial charge >= 0.3 is 0 Å². The Balaban J connectivity index is 2.14. The summed E-state index contributed by atoms with van der Waals surface area (Å²) in [6.07, 6.45) is 0.167. The van der Waals surface area contributed by atoms with E-state index in [0.29, 0.717) is 12.1 Å². The van der Waals surface area contributed by atoms with Gasteiger partial charge in [-0.2, -0.15) is 0 Å². The summed E-state index contributed by atoms with van der Waals surface area (Å²) in [5.74, 6) is 0.268. The first-order valence-corrected chi connectivity index (χ1v) is 5.93. The van der Waals surface area contributed by atoms with E-state index in [1.807, 2.05) is 17.5 Å². The van der Waals surface area contributed by atoms with E-state index in [4.69, 9.17) is 0 Å². The van der Waals surface area contributed by atoms with Gasteiger partial charge in [-0.25, -0.2) is 4.98 Å². The number of thiazole rings is 1. The Morgan fingerprint density at radius 3 is 2.88 bits per heavy atom. The van der Waals surface area contributed by atoms with Crippen LogP contribution in [0.2, 0.25) is 0 Å². The zero-order chi connectivity index (χ0) is 11.5. The molecule has 0 fully saturated rings. The van der Waals surface area contributed by atoms with E-state index in [-0.39, 0.29) is 5.75 Å². The predicted octanol–water partition coefficient (Wildman–Crippen LogP) is 2.49. The number of aliphatic hydroxyl groups is 1. The van der Waals surface area contributed by atoms with E-state index < -0.39 is 6.10 Å². The molecule has 1 heterocycles. The van der Waals surface area contributed by atoms with Crippen LogP contribution in [0.4, 0.5) is 0 Å². The van der Waals surface area contributed by atoms with Crippen LogP contribution in [0, 0.1) is 0 Å². The lowest BCUT2D eigenvalue weighted by molar-refractivity contribution is 0.195. The van der Waals surface area contributed by atoms with Crippen LogP contribution in [0.1, 0.15) is 29.3 Å². The third-order valence-electron chi connectivity index (χ3n) is 2.26. The van der Waals surface area contributed by atoms with E-state index >= 15 is 0 Å². The number of aromatic hydroxyl groups is 1. The Morgan fingerprint density at radius 1 is 1.44 bits per heavy atom. The molecule has 1 atom stereocenters. The molecule has 0 aliphatic rings. The van der Waals surface area contributed by atoms with Crippen LogP contribution in [-0.4, -0.2) is 15.2 Å². The molecule has 0 amide bonds. The summed E-state index contributed by atoms with van der Waals surface area (Å²) in [5, 5.41) is 21.5. The van der Waals surface area contributed by atoms with Crippen LogP contribution in [0.5, 0.6) is 5.75 Å². The minimum absolute atomic E-state index is 0.268. The average Bonchev–Trinajstić information content (AvgIpc) is 2.66. The quantitative estimate of drug-likeness (QED) is 0.859. The lowest BCUT2D eigenvalue weighted by atomic mass is 10.1. The van der Waals surface area contributed by atoms with Gasteiger partial charge in [-0.3, -0.25) is 0 Å². The summed E-state index contributed by atoms with van der Waals surface area (Å²) >= 11 is 1.53. The molecule has 4 heteroatoms. The molecule has 16 heavy (non-hydrogen) atoms. The Bertz CT molecular complexity index is 479. The minimum atomic E-state index is -0.519. The van der Waals surface area contributed by atoms with Crippen LogP contribution >= 0.6 is 11.3 Å². The number of aromatic nitrogens is 1. The molecule has 2 N–H and O–H groups in total. The summed E-state index contributed by atoms with van der Waals surface area (Å²) in [7, 11) is 0. The number of hydrogen-bond donors (Lipinski definition) is 2. The molecule has 3 nitrogen and oxygen atoms in total. The Hall–Kier alpha value is -1.39. The van der Waals surface area contributed by atoms with Crippen molar-refractivity contribution in [2.24, 2.45) is 0 Å².